The highest BCUT2D eigenvalue weighted by atomic mass is 16.5. The fraction of sp³-hybridized carbons (Fsp3) is 0.364. The summed E-state index contributed by atoms with van der Waals surface area (Å²) < 4.78 is 13.2. The van der Waals surface area contributed by atoms with E-state index in [-0.39, 0.29) is 19.1 Å². The molecule has 1 heterocycles. The van der Waals surface area contributed by atoms with E-state index < -0.39 is 0 Å². The van der Waals surface area contributed by atoms with E-state index >= 15 is 0 Å². The van der Waals surface area contributed by atoms with Gasteiger partial charge in [0.2, 0.25) is 5.91 Å². The summed E-state index contributed by atoms with van der Waals surface area (Å²) in [5.41, 5.74) is 1.78. The number of amides is 1. The van der Waals surface area contributed by atoms with Crippen LogP contribution in [-0.2, 0) is 17.9 Å². The fourth-order valence-corrected chi connectivity index (χ4v) is 3.07. The Morgan fingerprint density at radius 2 is 1.82 bits per heavy atom. The quantitative estimate of drug-likeness (QED) is 0.564. The van der Waals surface area contributed by atoms with Gasteiger partial charge in [-0.15, -0.1) is 0 Å². The molecule has 0 aliphatic carbocycles. The number of nitrogens with zero attached hydrogens (tertiary/aromatic N) is 3. The number of carbonyl (C=O) groups is 1. The van der Waals surface area contributed by atoms with Crippen molar-refractivity contribution in [1.82, 2.24) is 14.5 Å². The number of imidazole rings is 1. The molecule has 0 radical (unpaired) electrons. The topological polar surface area (TPSA) is 56.6 Å². The molecule has 0 aliphatic heterocycles. The molecule has 0 fully saturated rings. The number of hydrogen-bond donors (Lipinski definition) is 0. The minimum absolute atomic E-state index is 0.0649. The first-order chi connectivity index (χ1) is 13.6. The predicted octanol–water partition coefficient (Wildman–Crippen LogP) is 3.88. The number of aromatic nitrogens is 2. The van der Waals surface area contributed by atoms with Crippen molar-refractivity contribution in [1.29, 1.82) is 0 Å². The highest BCUT2D eigenvalue weighted by molar-refractivity contribution is 5.81. The number of benzene rings is 2. The van der Waals surface area contributed by atoms with E-state index in [9.17, 15) is 4.79 Å². The molecule has 0 atom stereocenters. The summed E-state index contributed by atoms with van der Waals surface area (Å²) in [6, 6.07) is 15.3. The molecule has 6 heteroatoms. The number of ether oxygens (including phenoxy) is 2. The van der Waals surface area contributed by atoms with E-state index in [1.54, 1.807) is 12.0 Å². The van der Waals surface area contributed by atoms with Gasteiger partial charge in [-0.05, 0) is 30.7 Å². The maximum atomic E-state index is 12.7. The Bertz CT molecular complexity index is 936. The number of likely N-dealkylation sites (N-methyl/N-ethyl adjacent to an activating group) is 1. The third-order valence-electron chi connectivity index (χ3n) is 4.73. The van der Waals surface area contributed by atoms with Gasteiger partial charge in [-0.2, -0.15) is 0 Å². The molecule has 0 saturated carbocycles. The molecule has 2 aromatic carbocycles. The van der Waals surface area contributed by atoms with Gasteiger partial charge in [-0.1, -0.05) is 37.6 Å². The lowest BCUT2D eigenvalue weighted by Crippen LogP contribution is -2.31. The van der Waals surface area contributed by atoms with Gasteiger partial charge in [0.25, 0.3) is 0 Å². The Hall–Kier alpha value is -3.02. The summed E-state index contributed by atoms with van der Waals surface area (Å²) in [6.45, 7) is 3.37. The van der Waals surface area contributed by atoms with E-state index in [1.807, 2.05) is 60.1 Å². The van der Waals surface area contributed by atoms with E-state index in [4.69, 9.17) is 9.47 Å². The smallest absolute Gasteiger partial charge is 0.242 e. The van der Waals surface area contributed by atoms with Crippen LogP contribution in [-0.4, -0.2) is 41.1 Å². The van der Waals surface area contributed by atoms with Gasteiger partial charge >= 0.3 is 0 Å². The zero-order valence-electron chi connectivity index (χ0n) is 16.7. The van der Waals surface area contributed by atoms with Gasteiger partial charge in [0, 0.05) is 13.6 Å². The molecule has 3 rings (SSSR count). The number of hydrogen-bond acceptors (Lipinski definition) is 4. The monoisotopic (exact) mass is 381 g/mol. The molecule has 3 aromatic rings. The second kappa shape index (κ2) is 9.26. The molecule has 1 amide bonds. The van der Waals surface area contributed by atoms with Crippen LogP contribution in [0.1, 0.15) is 25.6 Å². The second-order valence-electron chi connectivity index (χ2n) is 6.71. The van der Waals surface area contributed by atoms with Crippen molar-refractivity contribution in [2.24, 2.45) is 0 Å². The van der Waals surface area contributed by atoms with Crippen LogP contribution in [0, 0.1) is 0 Å². The minimum Gasteiger partial charge on any atom is -0.493 e. The molecule has 6 nitrogen and oxygen atoms in total. The van der Waals surface area contributed by atoms with Crippen LogP contribution in [0.4, 0.5) is 0 Å². The molecule has 0 aliphatic rings. The zero-order valence-corrected chi connectivity index (χ0v) is 16.7. The summed E-state index contributed by atoms with van der Waals surface area (Å²) in [4.78, 5) is 19.2. The van der Waals surface area contributed by atoms with Crippen molar-refractivity contribution in [3.63, 3.8) is 0 Å². The molecular weight excluding hydrogens is 354 g/mol. The summed E-state index contributed by atoms with van der Waals surface area (Å²) in [6.07, 6.45) is 2.06. The number of rotatable bonds is 9. The van der Waals surface area contributed by atoms with Gasteiger partial charge in [0.05, 0.1) is 18.1 Å². The predicted molar refractivity (Wildman–Crippen MR) is 110 cm³/mol. The van der Waals surface area contributed by atoms with Crippen LogP contribution in [0.5, 0.6) is 11.5 Å². The minimum atomic E-state index is 0.0649. The average Bonchev–Trinajstić information content (AvgIpc) is 3.08. The lowest BCUT2D eigenvalue weighted by molar-refractivity contribution is -0.130. The number of methoxy groups -OCH3 is 1. The fourth-order valence-electron chi connectivity index (χ4n) is 3.07. The Kier molecular flexibility index (Phi) is 6.53. The second-order valence-corrected chi connectivity index (χ2v) is 6.71. The maximum absolute atomic E-state index is 12.7. The van der Waals surface area contributed by atoms with Crippen molar-refractivity contribution < 1.29 is 14.3 Å². The SMILES string of the molecule is CCCCN(C)C(=O)Cn1c(COc2ccccc2OC)nc2ccccc21. The first-order valence-electron chi connectivity index (χ1n) is 9.58. The highest BCUT2D eigenvalue weighted by Gasteiger charge is 2.17. The number of para-hydroxylation sites is 4. The average molecular weight is 381 g/mol. The van der Waals surface area contributed by atoms with Crippen molar-refractivity contribution in [2.75, 3.05) is 20.7 Å². The van der Waals surface area contributed by atoms with Crippen LogP contribution in [0.25, 0.3) is 11.0 Å². The first-order valence-corrected chi connectivity index (χ1v) is 9.58. The summed E-state index contributed by atoms with van der Waals surface area (Å²) >= 11 is 0. The molecule has 148 valence electrons. The van der Waals surface area contributed by atoms with Crippen LogP contribution in [0.3, 0.4) is 0 Å². The molecule has 1 aromatic heterocycles. The lowest BCUT2D eigenvalue weighted by atomic mass is 10.3. The van der Waals surface area contributed by atoms with Crippen LogP contribution in [0.15, 0.2) is 48.5 Å². The van der Waals surface area contributed by atoms with Crippen LogP contribution in [0.2, 0.25) is 0 Å². The summed E-state index contributed by atoms with van der Waals surface area (Å²) in [7, 11) is 3.46. The largest absolute Gasteiger partial charge is 0.493 e. The van der Waals surface area contributed by atoms with E-state index in [1.165, 1.54) is 0 Å². The van der Waals surface area contributed by atoms with Crippen LogP contribution >= 0.6 is 0 Å². The Labute approximate surface area is 165 Å². The third kappa shape index (κ3) is 4.44. The molecule has 0 spiro atoms. The van der Waals surface area contributed by atoms with E-state index in [0.717, 1.165) is 30.4 Å². The Morgan fingerprint density at radius 1 is 1.11 bits per heavy atom. The van der Waals surface area contributed by atoms with E-state index in [0.29, 0.717) is 17.3 Å². The number of fused-ring (bicyclic) bond motifs is 1. The number of unbranched alkanes of at least 4 members (excludes halogenated alkanes) is 1. The van der Waals surface area contributed by atoms with Gasteiger partial charge in [0.1, 0.15) is 19.0 Å². The third-order valence-corrected chi connectivity index (χ3v) is 4.73. The van der Waals surface area contributed by atoms with Gasteiger partial charge < -0.3 is 18.9 Å². The van der Waals surface area contributed by atoms with E-state index in [2.05, 4.69) is 11.9 Å². The Balaban J connectivity index is 1.83. The van der Waals surface area contributed by atoms with Gasteiger partial charge in [0.15, 0.2) is 11.5 Å². The van der Waals surface area contributed by atoms with Crippen molar-refractivity contribution in [2.45, 2.75) is 32.9 Å². The summed E-state index contributed by atoms with van der Waals surface area (Å²) in [5.74, 6) is 2.09. The molecule has 0 N–H and O–H groups in total. The number of carbonyl (C=O) groups excluding carboxylic acids is 1. The lowest BCUT2D eigenvalue weighted by Gasteiger charge is -2.18. The van der Waals surface area contributed by atoms with Crippen molar-refractivity contribution in [3.05, 3.63) is 54.4 Å². The van der Waals surface area contributed by atoms with Crippen LogP contribution < -0.4 is 9.47 Å². The standard InChI is InChI=1S/C22H27N3O3/c1-4-5-14-24(2)22(26)15-25-18-11-7-6-10-17(18)23-21(25)16-28-20-13-9-8-12-19(20)27-3/h6-13H,4-5,14-16H2,1-3H3. The Morgan fingerprint density at radius 3 is 2.57 bits per heavy atom. The molecular formula is C22H27N3O3. The summed E-state index contributed by atoms with van der Waals surface area (Å²) in [5, 5.41) is 0. The first kappa shape index (κ1) is 19.7. The van der Waals surface area contributed by atoms with Crippen molar-refractivity contribution in [3.8, 4) is 11.5 Å². The van der Waals surface area contributed by atoms with Gasteiger partial charge in [-0.25, -0.2) is 4.98 Å². The highest BCUT2D eigenvalue weighted by Crippen LogP contribution is 2.27. The molecule has 28 heavy (non-hydrogen) atoms. The molecule has 0 bridgehead atoms. The van der Waals surface area contributed by atoms with Gasteiger partial charge in [-0.3, -0.25) is 4.79 Å². The zero-order chi connectivity index (χ0) is 19.9. The maximum Gasteiger partial charge on any atom is 0.242 e. The molecule has 0 saturated heterocycles. The van der Waals surface area contributed by atoms with Crippen molar-refractivity contribution >= 4 is 16.9 Å². The normalized spacial score (nSPS) is 10.8. The molecule has 0 unspecified atom stereocenters.